The Kier molecular flexibility index (Phi) is 4.94. The Bertz CT molecular complexity index is 1170. The van der Waals surface area contributed by atoms with Crippen molar-refractivity contribution in [3.05, 3.63) is 68.5 Å². The lowest BCUT2D eigenvalue weighted by Gasteiger charge is -2.26. The maximum absolute atomic E-state index is 13.4. The molecule has 7 nitrogen and oxygen atoms in total. The number of hydrogen-bond acceptors (Lipinski definition) is 6. The van der Waals surface area contributed by atoms with Crippen LogP contribution in [0.4, 0.5) is 0 Å². The molecule has 3 aromatic rings. The molecule has 150 valence electrons. The van der Waals surface area contributed by atoms with Crippen LogP contribution in [0.25, 0.3) is 11.0 Å². The zero-order chi connectivity index (χ0) is 20.7. The predicted molar refractivity (Wildman–Crippen MR) is 107 cm³/mol. The highest BCUT2D eigenvalue weighted by Gasteiger charge is 2.43. The molecule has 0 spiro atoms. The second kappa shape index (κ2) is 7.42. The number of β-amino-alcohol motifs (C(OH)–C–C–N with tert-alkyl or cyclic N) is 1. The number of hydrogen-bond donors (Lipinski definition) is 1. The quantitative estimate of drug-likeness (QED) is 0.689. The Morgan fingerprint density at radius 2 is 1.93 bits per heavy atom. The van der Waals surface area contributed by atoms with Gasteiger partial charge in [-0.2, -0.15) is 0 Å². The molecular formula is C21H18ClNO6. The van der Waals surface area contributed by atoms with Gasteiger partial charge in [0, 0.05) is 17.1 Å². The first-order valence-corrected chi connectivity index (χ1v) is 9.28. The van der Waals surface area contributed by atoms with Crippen molar-refractivity contribution in [2.75, 3.05) is 27.4 Å². The fourth-order valence-electron chi connectivity index (χ4n) is 3.71. The van der Waals surface area contributed by atoms with Crippen molar-refractivity contribution in [1.82, 2.24) is 4.90 Å². The molecule has 1 amide bonds. The summed E-state index contributed by atoms with van der Waals surface area (Å²) >= 11 is 6.06. The SMILES string of the molecule is COc1ccc(OC)c([C@@H]2c3c(oc4ccc(Cl)cc4c3=O)C(=O)N2CCO)c1. The molecule has 0 aliphatic carbocycles. The van der Waals surface area contributed by atoms with Gasteiger partial charge in [0.05, 0.1) is 37.8 Å². The molecule has 8 heteroatoms. The number of benzene rings is 2. The molecule has 1 aliphatic rings. The lowest BCUT2D eigenvalue weighted by atomic mass is 9.97. The first-order valence-electron chi connectivity index (χ1n) is 8.90. The van der Waals surface area contributed by atoms with Crippen molar-refractivity contribution >= 4 is 28.5 Å². The molecule has 2 heterocycles. The van der Waals surface area contributed by atoms with E-state index in [4.69, 9.17) is 25.5 Å². The van der Waals surface area contributed by atoms with Crippen molar-refractivity contribution in [1.29, 1.82) is 0 Å². The number of fused-ring (bicyclic) bond motifs is 2. The first-order chi connectivity index (χ1) is 14.0. The summed E-state index contributed by atoms with van der Waals surface area (Å²) < 4.78 is 16.6. The highest BCUT2D eigenvalue weighted by molar-refractivity contribution is 6.31. The number of carbonyl (C=O) groups is 1. The Morgan fingerprint density at radius 3 is 2.62 bits per heavy atom. The number of halogens is 1. The number of carbonyl (C=O) groups excluding carboxylic acids is 1. The van der Waals surface area contributed by atoms with Gasteiger partial charge in [-0.3, -0.25) is 9.59 Å². The van der Waals surface area contributed by atoms with Crippen LogP contribution in [0.1, 0.15) is 27.7 Å². The summed E-state index contributed by atoms with van der Waals surface area (Å²) in [7, 11) is 3.02. The largest absolute Gasteiger partial charge is 0.497 e. The second-order valence-corrected chi connectivity index (χ2v) is 6.98. The second-order valence-electron chi connectivity index (χ2n) is 6.55. The van der Waals surface area contributed by atoms with Crippen molar-refractivity contribution in [3.8, 4) is 11.5 Å². The van der Waals surface area contributed by atoms with Gasteiger partial charge in [-0.25, -0.2) is 0 Å². The molecule has 0 saturated carbocycles. The van der Waals surface area contributed by atoms with E-state index in [1.165, 1.54) is 25.2 Å². The number of ether oxygens (including phenoxy) is 2. The van der Waals surface area contributed by atoms with Crippen LogP contribution in [0.15, 0.2) is 45.6 Å². The lowest BCUT2D eigenvalue weighted by Crippen LogP contribution is -2.32. The molecule has 1 atom stereocenters. The fraction of sp³-hybridized carbons (Fsp3) is 0.238. The highest BCUT2D eigenvalue weighted by Crippen LogP contribution is 2.42. The Balaban J connectivity index is 2.04. The summed E-state index contributed by atoms with van der Waals surface area (Å²) in [6.07, 6.45) is 0. The van der Waals surface area contributed by atoms with Gasteiger partial charge < -0.3 is 23.9 Å². The molecule has 4 rings (SSSR count). The molecule has 2 aromatic carbocycles. The zero-order valence-electron chi connectivity index (χ0n) is 15.8. The van der Waals surface area contributed by atoms with Crippen molar-refractivity contribution in [3.63, 3.8) is 0 Å². The van der Waals surface area contributed by atoms with E-state index in [9.17, 15) is 14.7 Å². The van der Waals surface area contributed by atoms with Gasteiger partial charge in [-0.05, 0) is 36.4 Å². The molecule has 0 unspecified atom stereocenters. The third-order valence-corrected chi connectivity index (χ3v) is 5.24. The van der Waals surface area contributed by atoms with E-state index in [1.54, 1.807) is 30.3 Å². The number of aliphatic hydroxyl groups excluding tert-OH is 1. The van der Waals surface area contributed by atoms with Crippen LogP contribution in [0.3, 0.4) is 0 Å². The molecular weight excluding hydrogens is 398 g/mol. The number of methoxy groups -OCH3 is 2. The average molecular weight is 416 g/mol. The van der Waals surface area contributed by atoms with E-state index in [1.807, 2.05) is 0 Å². The molecule has 29 heavy (non-hydrogen) atoms. The van der Waals surface area contributed by atoms with Gasteiger partial charge in [-0.15, -0.1) is 0 Å². The molecule has 0 saturated heterocycles. The van der Waals surface area contributed by atoms with E-state index in [2.05, 4.69) is 0 Å². The summed E-state index contributed by atoms with van der Waals surface area (Å²) in [5.41, 5.74) is 0.659. The summed E-state index contributed by atoms with van der Waals surface area (Å²) in [5.74, 6) is 0.495. The molecule has 1 aromatic heterocycles. The Hall–Kier alpha value is -3.03. The van der Waals surface area contributed by atoms with Crippen LogP contribution >= 0.6 is 11.6 Å². The fourth-order valence-corrected chi connectivity index (χ4v) is 3.88. The van der Waals surface area contributed by atoms with E-state index in [0.29, 0.717) is 22.1 Å². The smallest absolute Gasteiger partial charge is 0.290 e. The molecule has 1 aliphatic heterocycles. The minimum absolute atomic E-state index is 0.0185. The number of nitrogens with zero attached hydrogens (tertiary/aromatic N) is 1. The molecule has 0 radical (unpaired) electrons. The number of amides is 1. The Labute approximate surface area is 171 Å². The van der Waals surface area contributed by atoms with Crippen LogP contribution in [0, 0.1) is 0 Å². The zero-order valence-corrected chi connectivity index (χ0v) is 16.5. The standard InChI is InChI=1S/C21H18ClNO6/c1-27-12-4-6-15(28-2)13(10-12)18-17-19(25)14-9-11(22)3-5-16(14)29-20(17)21(26)23(18)7-8-24/h3-6,9-10,18,24H,7-8H2,1-2H3/t18-/m1/s1. The van der Waals surface area contributed by atoms with Gasteiger partial charge >= 0.3 is 0 Å². The predicted octanol–water partition coefficient (Wildman–Crippen LogP) is 3.00. The highest BCUT2D eigenvalue weighted by atomic mass is 35.5. The first kappa shape index (κ1) is 19.3. The van der Waals surface area contributed by atoms with E-state index >= 15 is 0 Å². The third-order valence-electron chi connectivity index (χ3n) is 5.00. The topological polar surface area (TPSA) is 89.2 Å². The van der Waals surface area contributed by atoms with Gasteiger partial charge in [-0.1, -0.05) is 11.6 Å². The van der Waals surface area contributed by atoms with E-state index < -0.39 is 11.9 Å². The van der Waals surface area contributed by atoms with Crippen molar-refractivity contribution in [2.24, 2.45) is 0 Å². The third kappa shape index (κ3) is 3.03. The monoisotopic (exact) mass is 415 g/mol. The van der Waals surface area contributed by atoms with Crippen LogP contribution in [0.2, 0.25) is 5.02 Å². The summed E-state index contributed by atoms with van der Waals surface area (Å²) in [4.78, 5) is 27.8. The van der Waals surface area contributed by atoms with Crippen LogP contribution in [-0.2, 0) is 0 Å². The van der Waals surface area contributed by atoms with Crippen molar-refractivity contribution in [2.45, 2.75) is 6.04 Å². The minimum atomic E-state index is -0.797. The maximum Gasteiger partial charge on any atom is 0.290 e. The number of aliphatic hydroxyl groups is 1. The van der Waals surface area contributed by atoms with E-state index in [-0.39, 0.29) is 40.9 Å². The Morgan fingerprint density at radius 1 is 1.14 bits per heavy atom. The van der Waals surface area contributed by atoms with Gasteiger partial charge in [0.25, 0.3) is 5.91 Å². The molecule has 1 N–H and O–H groups in total. The summed E-state index contributed by atoms with van der Waals surface area (Å²) in [6, 6.07) is 9.00. The normalized spacial score (nSPS) is 15.7. The lowest BCUT2D eigenvalue weighted by molar-refractivity contribution is 0.0690. The average Bonchev–Trinajstić information content (AvgIpc) is 3.00. The molecule has 0 fully saturated rings. The minimum Gasteiger partial charge on any atom is -0.497 e. The number of rotatable bonds is 5. The van der Waals surface area contributed by atoms with E-state index in [0.717, 1.165) is 0 Å². The van der Waals surface area contributed by atoms with Crippen molar-refractivity contribution < 1.29 is 23.8 Å². The molecule has 0 bridgehead atoms. The van der Waals surface area contributed by atoms with Gasteiger partial charge in [0.2, 0.25) is 5.76 Å². The van der Waals surface area contributed by atoms with Crippen LogP contribution in [0.5, 0.6) is 11.5 Å². The van der Waals surface area contributed by atoms with Gasteiger partial charge in [0.15, 0.2) is 5.43 Å². The summed E-state index contributed by atoms with van der Waals surface area (Å²) in [5, 5.41) is 10.2. The summed E-state index contributed by atoms with van der Waals surface area (Å²) in [6.45, 7) is -0.257. The van der Waals surface area contributed by atoms with Crippen LogP contribution in [-0.4, -0.2) is 43.3 Å². The maximum atomic E-state index is 13.4. The van der Waals surface area contributed by atoms with Crippen LogP contribution < -0.4 is 14.9 Å². The van der Waals surface area contributed by atoms with Gasteiger partial charge in [0.1, 0.15) is 17.1 Å².